The minimum absolute atomic E-state index is 0.840. The molecule has 0 saturated heterocycles. The molecule has 2 aromatic rings. The van der Waals surface area contributed by atoms with Crippen molar-refractivity contribution in [1.29, 1.82) is 0 Å². The number of nitrogens with zero attached hydrogens (tertiary/aromatic N) is 1. The van der Waals surface area contributed by atoms with Crippen LogP contribution in [0.5, 0.6) is 0 Å². The van der Waals surface area contributed by atoms with Crippen molar-refractivity contribution in [2.24, 2.45) is 5.10 Å². The molecule has 0 bridgehead atoms. The Morgan fingerprint density at radius 2 is 1.78 bits per heavy atom. The molecular formula is C15H18N2O. The molecule has 1 aromatic carbocycles. The fourth-order valence-corrected chi connectivity index (χ4v) is 1.83. The zero-order valence-electron chi connectivity index (χ0n) is 11.2. The third kappa shape index (κ3) is 2.80. The minimum atomic E-state index is 0.840. The van der Waals surface area contributed by atoms with Gasteiger partial charge in [0, 0.05) is 0 Å². The Kier molecular flexibility index (Phi) is 3.51. The molecule has 3 nitrogen and oxygen atoms in total. The first-order chi connectivity index (χ1) is 8.56. The van der Waals surface area contributed by atoms with E-state index in [4.69, 9.17) is 4.42 Å². The van der Waals surface area contributed by atoms with Crippen LogP contribution in [0.3, 0.4) is 0 Å². The Hall–Kier alpha value is -2.03. The van der Waals surface area contributed by atoms with E-state index < -0.39 is 0 Å². The summed E-state index contributed by atoms with van der Waals surface area (Å²) in [5.41, 5.74) is 7.20. The van der Waals surface area contributed by atoms with Crippen molar-refractivity contribution in [2.75, 3.05) is 5.43 Å². The average Bonchev–Trinajstić information content (AvgIpc) is 2.67. The molecule has 3 heteroatoms. The van der Waals surface area contributed by atoms with Gasteiger partial charge in [-0.25, -0.2) is 0 Å². The summed E-state index contributed by atoms with van der Waals surface area (Å²) < 4.78 is 5.61. The van der Waals surface area contributed by atoms with Gasteiger partial charge in [0.15, 0.2) is 5.76 Å². The highest BCUT2D eigenvalue weighted by Gasteiger charge is 2.07. The molecule has 18 heavy (non-hydrogen) atoms. The summed E-state index contributed by atoms with van der Waals surface area (Å²) in [6.07, 6.45) is 0. The van der Waals surface area contributed by atoms with Crippen LogP contribution in [0, 0.1) is 20.8 Å². The Morgan fingerprint density at radius 3 is 2.33 bits per heavy atom. The van der Waals surface area contributed by atoms with Crippen molar-refractivity contribution in [3.05, 3.63) is 53.0 Å². The zero-order chi connectivity index (χ0) is 13.1. The highest BCUT2D eigenvalue weighted by atomic mass is 16.3. The number of benzene rings is 1. The molecule has 0 aliphatic carbocycles. The molecule has 1 heterocycles. The maximum Gasteiger partial charge on any atom is 0.152 e. The van der Waals surface area contributed by atoms with E-state index in [2.05, 4.69) is 29.6 Å². The van der Waals surface area contributed by atoms with Crippen LogP contribution < -0.4 is 5.43 Å². The van der Waals surface area contributed by atoms with Crippen molar-refractivity contribution < 1.29 is 4.42 Å². The first-order valence-electron chi connectivity index (χ1n) is 6.00. The lowest BCUT2D eigenvalue weighted by Gasteiger charge is -2.03. The lowest BCUT2D eigenvalue weighted by molar-refractivity contribution is 0.523. The van der Waals surface area contributed by atoms with E-state index in [1.807, 2.05) is 39.0 Å². The van der Waals surface area contributed by atoms with Gasteiger partial charge in [-0.05, 0) is 51.5 Å². The molecule has 1 N–H and O–H groups in total. The number of hydrogen-bond donors (Lipinski definition) is 1. The van der Waals surface area contributed by atoms with Crippen LogP contribution in [0.15, 0.2) is 39.9 Å². The molecule has 0 atom stereocenters. The van der Waals surface area contributed by atoms with Gasteiger partial charge >= 0.3 is 0 Å². The smallest absolute Gasteiger partial charge is 0.152 e. The molecule has 94 valence electrons. The summed E-state index contributed by atoms with van der Waals surface area (Å²) in [5.74, 6) is 1.75. The molecule has 0 saturated carbocycles. The molecule has 0 aliphatic rings. The van der Waals surface area contributed by atoms with Crippen LogP contribution in [-0.4, -0.2) is 5.71 Å². The molecule has 0 fully saturated rings. The van der Waals surface area contributed by atoms with Crippen molar-refractivity contribution in [3.8, 4) is 0 Å². The molecule has 1 aromatic heterocycles. The molecule has 0 radical (unpaired) electrons. The van der Waals surface area contributed by atoms with Gasteiger partial charge < -0.3 is 4.42 Å². The SMILES string of the molecule is C/C(=N/Nc1ccc(C)cc1)c1oc(C)cc1C. The molecule has 0 unspecified atom stereocenters. The Balaban J connectivity index is 2.14. The molecule has 2 rings (SSSR count). The van der Waals surface area contributed by atoms with Crippen LogP contribution in [0.2, 0.25) is 0 Å². The number of aryl methyl sites for hydroxylation is 3. The van der Waals surface area contributed by atoms with Gasteiger partial charge in [0.25, 0.3) is 0 Å². The van der Waals surface area contributed by atoms with Crippen LogP contribution >= 0.6 is 0 Å². The van der Waals surface area contributed by atoms with E-state index in [1.54, 1.807) is 0 Å². The van der Waals surface area contributed by atoms with Gasteiger partial charge in [0.1, 0.15) is 11.5 Å². The fraction of sp³-hybridized carbons (Fsp3) is 0.267. The fourth-order valence-electron chi connectivity index (χ4n) is 1.83. The third-order valence-corrected chi connectivity index (χ3v) is 2.77. The number of hydrazone groups is 1. The second-order valence-electron chi connectivity index (χ2n) is 4.54. The van der Waals surface area contributed by atoms with Gasteiger partial charge in [-0.2, -0.15) is 5.10 Å². The topological polar surface area (TPSA) is 37.5 Å². The van der Waals surface area contributed by atoms with E-state index in [9.17, 15) is 0 Å². The van der Waals surface area contributed by atoms with Crippen LogP contribution in [0.4, 0.5) is 5.69 Å². The Morgan fingerprint density at radius 1 is 1.11 bits per heavy atom. The molecule has 0 aliphatic heterocycles. The average molecular weight is 242 g/mol. The van der Waals surface area contributed by atoms with Crippen molar-refractivity contribution >= 4 is 11.4 Å². The molecule has 0 spiro atoms. The largest absolute Gasteiger partial charge is 0.460 e. The van der Waals surface area contributed by atoms with E-state index >= 15 is 0 Å². The summed E-state index contributed by atoms with van der Waals surface area (Å²) in [4.78, 5) is 0. The maximum atomic E-state index is 5.61. The Labute approximate surface area is 108 Å². The third-order valence-electron chi connectivity index (χ3n) is 2.77. The summed E-state index contributed by atoms with van der Waals surface area (Å²) in [6, 6.07) is 10.1. The zero-order valence-corrected chi connectivity index (χ0v) is 11.2. The van der Waals surface area contributed by atoms with E-state index in [1.165, 1.54) is 5.56 Å². The Bertz CT molecular complexity index is 565. The first-order valence-corrected chi connectivity index (χ1v) is 6.00. The summed E-state index contributed by atoms with van der Waals surface area (Å²) in [5, 5.41) is 4.34. The van der Waals surface area contributed by atoms with Crippen LogP contribution in [0.25, 0.3) is 0 Å². The van der Waals surface area contributed by atoms with Gasteiger partial charge in [-0.3, -0.25) is 5.43 Å². The van der Waals surface area contributed by atoms with E-state index in [-0.39, 0.29) is 0 Å². The lowest BCUT2D eigenvalue weighted by atomic mass is 10.2. The monoisotopic (exact) mass is 242 g/mol. The van der Waals surface area contributed by atoms with Crippen molar-refractivity contribution in [1.82, 2.24) is 0 Å². The lowest BCUT2D eigenvalue weighted by Crippen LogP contribution is -1.99. The highest BCUT2D eigenvalue weighted by molar-refractivity contribution is 5.97. The van der Waals surface area contributed by atoms with Crippen molar-refractivity contribution in [2.45, 2.75) is 27.7 Å². The van der Waals surface area contributed by atoms with Gasteiger partial charge in [0.2, 0.25) is 0 Å². The number of furan rings is 1. The predicted molar refractivity (Wildman–Crippen MR) is 75.2 cm³/mol. The van der Waals surface area contributed by atoms with E-state index in [0.29, 0.717) is 0 Å². The quantitative estimate of drug-likeness (QED) is 0.651. The number of anilines is 1. The van der Waals surface area contributed by atoms with Gasteiger partial charge in [0.05, 0.1) is 5.69 Å². The minimum Gasteiger partial charge on any atom is -0.460 e. The molecule has 0 amide bonds. The summed E-state index contributed by atoms with van der Waals surface area (Å²) >= 11 is 0. The van der Waals surface area contributed by atoms with Crippen molar-refractivity contribution in [3.63, 3.8) is 0 Å². The second-order valence-corrected chi connectivity index (χ2v) is 4.54. The van der Waals surface area contributed by atoms with Crippen LogP contribution in [-0.2, 0) is 0 Å². The highest BCUT2D eigenvalue weighted by Crippen LogP contribution is 2.15. The number of rotatable bonds is 3. The van der Waals surface area contributed by atoms with E-state index in [0.717, 1.165) is 28.5 Å². The van der Waals surface area contributed by atoms with Crippen LogP contribution in [0.1, 0.15) is 29.6 Å². The number of hydrogen-bond acceptors (Lipinski definition) is 3. The van der Waals surface area contributed by atoms with Gasteiger partial charge in [-0.1, -0.05) is 17.7 Å². The normalized spacial score (nSPS) is 11.7. The standard InChI is InChI=1S/C15H18N2O/c1-10-5-7-14(8-6-10)17-16-13(4)15-11(2)9-12(3)18-15/h5-9,17H,1-4H3/b16-13-. The first kappa shape index (κ1) is 12.4. The number of nitrogens with one attached hydrogen (secondary N) is 1. The van der Waals surface area contributed by atoms with Gasteiger partial charge in [-0.15, -0.1) is 0 Å². The summed E-state index contributed by atoms with van der Waals surface area (Å²) in [6.45, 7) is 7.97. The summed E-state index contributed by atoms with van der Waals surface area (Å²) in [7, 11) is 0. The predicted octanol–water partition coefficient (Wildman–Crippen LogP) is 4.04. The second kappa shape index (κ2) is 5.08. The maximum absolute atomic E-state index is 5.61. The molecular weight excluding hydrogens is 224 g/mol.